The van der Waals surface area contributed by atoms with E-state index in [0.29, 0.717) is 40.2 Å². The lowest BCUT2D eigenvalue weighted by atomic mass is 10.2. The Morgan fingerprint density at radius 3 is 2.25 bits per heavy atom. The Labute approximate surface area is 197 Å². The van der Waals surface area contributed by atoms with Crippen LogP contribution in [0.4, 0.5) is 11.4 Å². The van der Waals surface area contributed by atoms with Gasteiger partial charge in [-0.05, 0) is 67.9 Å². The number of rotatable bonds is 9. The highest BCUT2D eigenvalue weighted by molar-refractivity contribution is 7.92. The molecule has 3 aromatic carbocycles. The van der Waals surface area contributed by atoms with Crippen molar-refractivity contribution in [2.75, 3.05) is 16.6 Å². The lowest BCUT2D eigenvalue weighted by molar-refractivity contribution is -0.116. The molecule has 0 saturated heterocycles. The summed E-state index contributed by atoms with van der Waals surface area (Å²) in [5.41, 5.74) is 1.94. The van der Waals surface area contributed by atoms with Crippen LogP contribution in [0.25, 0.3) is 0 Å². The second-order valence-corrected chi connectivity index (χ2v) is 9.60. The quantitative estimate of drug-likeness (QED) is 0.364. The Bertz CT molecular complexity index is 1180. The van der Waals surface area contributed by atoms with E-state index in [0.717, 1.165) is 5.56 Å². The van der Waals surface area contributed by atoms with Crippen molar-refractivity contribution in [1.82, 2.24) is 0 Å². The largest absolute Gasteiger partial charge is 0.492 e. The maximum atomic E-state index is 12.5. The minimum Gasteiger partial charge on any atom is -0.492 e. The van der Waals surface area contributed by atoms with Gasteiger partial charge in [0.05, 0.1) is 16.5 Å². The summed E-state index contributed by atoms with van der Waals surface area (Å²) in [6.45, 7) is 2.22. The second-order valence-electron chi connectivity index (χ2n) is 7.07. The number of hydrogen-bond acceptors (Lipinski definition) is 4. The molecule has 2 N–H and O–H groups in total. The van der Waals surface area contributed by atoms with Gasteiger partial charge in [-0.1, -0.05) is 40.9 Å². The van der Waals surface area contributed by atoms with Crippen molar-refractivity contribution in [3.8, 4) is 5.75 Å². The molecule has 3 rings (SSSR count). The lowest BCUT2D eigenvalue weighted by Crippen LogP contribution is -2.14. The van der Waals surface area contributed by atoms with Gasteiger partial charge in [0.15, 0.2) is 0 Å². The Morgan fingerprint density at radius 1 is 0.938 bits per heavy atom. The van der Waals surface area contributed by atoms with Crippen molar-refractivity contribution in [1.29, 1.82) is 0 Å². The van der Waals surface area contributed by atoms with Crippen LogP contribution in [0.3, 0.4) is 0 Å². The van der Waals surface area contributed by atoms with E-state index < -0.39 is 10.0 Å². The summed E-state index contributed by atoms with van der Waals surface area (Å²) in [6, 6.07) is 18.0. The van der Waals surface area contributed by atoms with E-state index in [4.69, 9.17) is 27.9 Å². The Balaban J connectivity index is 1.46. The van der Waals surface area contributed by atoms with Crippen molar-refractivity contribution in [3.63, 3.8) is 0 Å². The SMILES string of the molecule is Cc1ccc(S(=O)(=O)Nc2ccc(NC(=O)CCCOc3ccc(Cl)cc3Cl)cc2)cc1. The number of anilines is 2. The molecule has 0 aliphatic heterocycles. The van der Waals surface area contributed by atoms with Crippen molar-refractivity contribution in [2.24, 2.45) is 0 Å². The fourth-order valence-corrected chi connectivity index (χ4v) is 4.31. The lowest BCUT2D eigenvalue weighted by Gasteiger charge is -2.10. The standard InChI is InChI=1S/C23H22Cl2N2O4S/c1-16-4-11-20(12-5-16)32(29,30)27-19-9-7-18(8-10-19)26-23(28)3-2-14-31-22-13-6-17(24)15-21(22)25/h4-13,15,27H,2-3,14H2,1H3,(H,26,28). The zero-order chi connectivity index (χ0) is 23.1. The number of aryl methyl sites for hydroxylation is 1. The first kappa shape index (κ1) is 23.9. The number of halogens is 2. The molecule has 0 bridgehead atoms. The average molecular weight is 493 g/mol. The van der Waals surface area contributed by atoms with Gasteiger partial charge in [0.1, 0.15) is 5.75 Å². The van der Waals surface area contributed by atoms with Gasteiger partial charge in [-0.15, -0.1) is 0 Å². The Morgan fingerprint density at radius 2 is 1.59 bits per heavy atom. The smallest absolute Gasteiger partial charge is 0.261 e. The zero-order valence-electron chi connectivity index (χ0n) is 17.3. The molecule has 0 spiro atoms. The van der Waals surface area contributed by atoms with Gasteiger partial charge in [-0.2, -0.15) is 0 Å². The summed E-state index contributed by atoms with van der Waals surface area (Å²) in [6.07, 6.45) is 0.756. The normalized spacial score (nSPS) is 11.1. The second kappa shape index (κ2) is 10.7. The van der Waals surface area contributed by atoms with Gasteiger partial charge < -0.3 is 10.1 Å². The van der Waals surface area contributed by atoms with E-state index in [1.807, 2.05) is 6.92 Å². The first-order valence-corrected chi connectivity index (χ1v) is 12.0. The molecule has 0 saturated carbocycles. The van der Waals surface area contributed by atoms with Crippen LogP contribution in [0.5, 0.6) is 5.75 Å². The van der Waals surface area contributed by atoms with E-state index in [9.17, 15) is 13.2 Å². The number of sulfonamides is 1. The molecular formula is C23H22Cl2N2O4S. The minimum atomic E-state index is -3.68. The van der Waals surface area contributed by atoms with Gasteiger partial charge in [0.25, 0.3) is 10.0 Å². The fourth-order valence-electron chi connectivity index (χ4n) is 2.78. The Hall–Kier alpha value is -2.74. The van der Waals surface area contributed by atoms with Crippen LogP contribution in [-0.4, -0.2) is 20.9 Å². The molecule has 6 nitrogen and oxygen atoms in total. The number of hydrogen-bond donors (Lipinski definition) is 2. The third kappa shape index (κ3) is 6.88. The molecule has 0 heterocycles. The molecule has 0 aliphatic rings. The summed E-state index contributed by atoms with van der Waals surface area (Å²) in [7, 11) is -3.68. The maximum absolute atomic E-state index is 12.5. The summed E-state index contributed by atoms with van der Waals surface area (Å²) in [5, 5.41) is 3.71. The first-order chi connectivity index (χ1) is 15.2. The monoisotopic (exact) mass is 492 g/mol. The highest BCUT2D eigenvalue weighted by atomic mass is 35.5. The van der Waals surface area contributed by atoms with Crippen molar-refractivity contribution in [3.05, 3.63) is 82.3 Å². The van der Waals surface area contributed by atoms with Crippen LogP contribution < -0.4 is 14.8 Å². The van der Waals surface area contributed by atoms with E-state index in [-0.39, 0.29) is 17.2 Å². The van der Waals surface area contributed by atoms with Crippen molar-refractivity contribution >= 4 is 50.5 Å². The summed E-state index contributed by atoms with van der Waals surface area (Å²) >= 11 is 11.9. The van der Waals surface area contributed by atoms with Crippen LogP contribution in [0.2, 0.25) is 10.0 Å². The van der Waals surface area contributed by atoms with Crippen molar-refractivity contribution in [2.45, 2.75) is 24.7 Å². The average Bonchev–Trinajstić information content (AvgIpc) is 2.74. The summed E-state index contributed by atoms with van der Waals surface area (Å²) < 4.78 is 33.0. The molecular weight excluding hydrogens is 471 g/mol. The molecule has 3 aromatic rings. The minimum absolute atomic E-state index is 0.177. The van der Waals surface area contributed by atoms with Gasteiger partial charge in [-0.3, -0.25) is 9.52 Å². The molecule has 32 heavy (non-hydrogen) atoms. The number of carbonyl (C=O) groups is 1. The molecule has 9 heteroatoms. The van der Waals surface area contributed by atoms with E-state index in [1.54, 1.807) is 66.7 Å². The topological polar surface area (TPSA) is 84.5 Å². The highest BCUT2D eigenvalue weighted by Crippen LogP contribution is 2.27. The molecule has 168 valence electrons. The number of carbonyl (C=O) groups excluding carboxylic acids is 1. The van der Waals surface area contributed by atoms with Crippen LogP contribution in [0.1, 0.15) is 18.4 Å². The molecule has 0 atom stereocenters. The molecule has 0 radical (unpaired) electrons. The third-order valence-electron chi connectivity index (χ3n) is 4.45. The Kier molecular flexibility index (Phi) is 8.01. The third-order valence-corrected chi connectivity index (χ3v) is 6.38. The molecule has 0 aromatic heterocycles. The number of amides is 1. The van der Waals surface area contributed by atoms with Crippen molar-refractivity contribution < 1.29 is 17.9 Å². The van der Waals surface area contributed by atoms with Crippen LogP contribution in [0.15, 0.2) is 71.6 Å². The summed E-state index contributed by atoms with van der Waals surface area (Å²) in [4.78, 5) is 12.3. The highest BCUT2D eigenvalue weighted by Gasteiger charge is 2.14. The van der Waals surface area contributed by atoms with Crippen LogP contribution >= 0.6 is 23.2 Å². The summed E-state index contributed by atoms with van der Waals surface area (Å²) in [5.74, 6) is 0.337. The van der Waals surface area contributed by atoms with Crippen LogP contribution in [0, 0.1) is 6.92 Å². The van der Waals surface area contributed by atoms with Crippen LogP contribution in [-0.2, 0) is 14.8 Å². The zero-order valence-corrected chi connectivity index (χ0v) is 19.6. The molecule has 0 aliphatic carbocycles. The van der Waals surface area contributed by atoms with Gasteiger partial charge in [-0.25, -0.2) is 8.42 Å². The number of nitrogens with one attached hydrogen (secondary N) is 2. The molecule has 0 unspecified atom stereocenters. The maximum Gasteiger partial charge on any atom is 0.261 e. The number of ether oxygens (including phenoxy) is 1. The van der Waals surface area contributed by atoms with E-state index in [1.165, 1.54) is 0 Å². The van der Waals surface area contributed by atoms with E-state index >= 15 is 0 Å². The number of benzene rings is 3. The van der Waals surface area contributed by atoms with Gasteiger partial charge >= 0.3 is 0 Å². The first-order valence-electron chi connectivity index (χ1n) is 9.80. The van der Waals surface area contributed by atoms with Gasteiger partial charge in [0.2, 0.25) is 5.91 Å². The fraction of sp³-hybridized carbons (Fsp3) is 0.174. The van der Waals surface area contributed by atoms with E-state index in [2.05, 4.69) is 10.0 Å². The van der Waals surface area contributed by atoms with Gasteiger partial charge in [0, 0.05) is 22.8 Å². The molecule has 1 amide bonds. The predicted molar refractivity (Wildman–Crippen MR) is 128 cm³/mol. The predicted octanol–water partition coefficient (Wildman–Crippen LogP) is 5.90. The molecule has 0 fully saturated rings.